The van der Waals surface area contributed by atoms with Gasteiger partial charge in [0.25, 0.3) is 0 Å². The highest BCUT2D eigenvalue weighted by Crippen LogP contribution is 2.28. The van der Waals surface area contributed by atoms with E-state index in [1.165, 1.54) is 0 Å². The first-order valence-electron chi connectivity index (χ1n) is 10.4. The van der Waals surface area contributed by atoms with Crippen molar-refractivity contribution in [1.82, 2.24) is 14.9 Å². The number of methoxy groups -OCH3 is 2. The number of ether oxygens (including phenoxy) is 2. The third kappa shape index (κ3) is 4.75. The van der Waals surface area contributed by atoms with Crippen LogP contribution < -0.4 is 14.8 Å². The van der Waals surface area contributed by atoms with E-state index < -0.39 is 0 Å². The number of benzene rings is 2. The lowest BCUT2D eigenvalue weighted by atomic mass is 10.1. The number of hydrogen-bond acceptors (Lipinski definition) is 4. The number of carbonyl (C=O) groups is 1. The van der Waals surface area contributed by atoms with Gasteiger partial charge in [-0.2, -0.15) is 0 Å². The number of rotatable bonds is 9. The fourth-order valence-corrected chi connectivity index (χ4v) is 3.59. The average Bonchev–Trinajstić information content (AvgIpc) is 3.12. The molecule has 2 atom stereocenters. The lowest BCUT2D eigenvalue weighted by Gasteiger charge is -2.19. The van der Waals surface area contributed by atoms with Crippen molar-refractivity contribution in [2.75, 3.05) is 14.2 Å². The first-order chi connectivity index (χ1) is 14.5. The molecule has 30 heavy (non-hydrogen) atoms. The van der Waals surface area contributed by atoms with Crippen LogP contribution in [0.15, 0.2) is 42.5 Å². The molecule has 1 amide bonds. The van der Waals surface area contributed by atoms with Crippen molar-refractivity contribution in [3.8, 4) is 11.5 Å². The molecule has 6 nitrogen and oxygen atoms in total. The molecule has 0 aliphatic rings. The molecule has 0 saturated carbocycles. The summed E-state index contributed by atoms with van der Waals surface area (Å²) >= 11 is 0. The van der Waals surface area contributed by atoms with Gasteiger partial charge in [0.1, 0.15) is 5.82 Å². The highest BCUT2D eigenvalue weighted by molar-refractivity contribution is 5.80. The predicted octanol–water partition coefficient (Wildman–Crippen LogP) is 4.52. The van der Waals surface area contributed by atoms with E-state index in [2.05, 4.69) is 29.8 Å². The van der Waals surface area contributed by atoms with Gasteiger partial charge in [0.15, 0.2) is 11.5 Å². The summed E-state index contributed by atoms with van der Waals surface area (Å²) in [6, 6.07) is 13.5. The summed E-state index contributed by atoms with van der Waals surface area (Å²) in [5, 5.41) is 3.11. The molecule has 0 aliphatic heterocycles. The molecular formula is C24H31N3O3. The van der Waals surface area contributed by atoms with Crippen LogP contribution in [0.25, 0.3) is 11.0 Å². The normalized spacial score (nSPS) is 13.1. The van der Waals surface area contributed by atoms with Crippen molar-refractivity contribution in [3.63, 3.8) is 0 Å². The number of imidazole rings is 1. The second-order valence-electron chi connectivity index (χ2n) is 7.74. The Kier molecular flexibility index (Phi) is 6.98. The van der Waals surface area contributed by atoms with Gasteiger partial charge in [-0.25, -0.2) is 4.98 Å². The Hall–Kier alpha value is -3.02. The maximum Gasteiger partial charge on any atom is 0.224 e. The van der Waals surface area contributed by atoms with Gasteiger partial charge in [-0.1, -0.05) is 38.5 Å². The molecule has 0 aliphatic carbocycles. The first-order valence-corrected chi connectivity index (χ1v) is 10.4. The predicted molar refractivity (Wildman–Crippen MR) is 119 cm³/mol. The average molecular weight is 410 g/mol. The Bertz CT molecular complexity index is 1010. The van der Waals surface area contributed by atoms with Gasteiger partial charge in [0, 0.05) is 6.54 Å². The maximum atomic E-state index is 12.7. The van der Waals surface area contributed by atoms with Crippen molar-refractivity contribution in [2.45, 2.75) is 46.2 Å². The Morgan fingerprint density at radius 3 is 2.53 bits per heavy atom. The summed E-state index contributed by atoms with van der Waals surface area (Å²) in [5.74, 6) is 2.62. The number of nitrogens with one attached hydrogen (secondary N) is 1. The lowest BCUT2D eigenvalue weighted by molar-refractivity contribution is -0.121. The fraction of sp³-hybridized carbons (Fsp3) is 0.417. The molecule has 0 radical (unpaired) electrons. The van der Waals surface area contributed by atoms with Gasteiger partial charge in [0.2, 0.25) is 5.91 Å². The summed E-state index contributed by atoms with van der Waals surface area (Å²) in [5.41, 5.74) is 2.93. The van der Waals surface area contributed by atoms with Gasteiger partial charge < -0.3 is 19.4 Å². The second kappa shape index (κ2) is 9.65. The molecule has 1 aromatic heterocycles. The molecule has 3 aromatic rings. The summed E-state index contributed by atoms with van der Waals surface area (Å²) in [6.07, 6.45) is 1.35. The number of hydrogen-bond donors (Lipinski definition) is 1. The van der Waals surface area contributed by atoms with E-state index in [-0.39, 0.29) is 18.4 Å². The first kappa shape index (κ1) is 21.7. The molecule has 0 spiro atoms. The van der Waals surface area contributed by atoms with Crippen LogP contribution in [0.4, 0.5) is 0 Å². The monoisotopic (exact) mass is 409 g/mol. The van der Waals surface area contributed by atoms with E-state index in [9.17, 15) is 4.79 Å². The van der Waals surface area contributed by atoms with Crippen LogP contribution in [0.2, 0.25) is 0 Å². The molecular weight excluding hydrogens is 378 g/mol. The van der Waals surface area contributed by atoms with E-state index in [4.69, 9.17) is 14.5 Å². The Morgan fingerprint density at radius 2 is 1.83 bits per heavy atom. The van der Waals surface area contributed by atoms with Crippen LogP contribution >= 0.6 is 0 Å². The number of nitrogens with zero attached hydrogens (tertiary/aromatic N) is 2. The van der Waals surface area contributed by atoms with E-state index in [1.807, 2.05) is 43.3 Å². The van der Waals surface area contributed by atoms with Gasteiger partial charge in [-0.3, -0.25) is 4.79 Å². The minimum atomic E-state index is -0.200. The topological polar surface area (TPSA) is 65.4 Å². The maximum absolute atomic E-state index is 12.7. The third-order valence-corrected chi connectivity index (χ3v) is 5.45. The fourth-order valence-electron chi connectivity index (χ4n) is 3.59. The highest BCUT2D eigenvalue weighted by atomic mass is 16.5. The van der Waals surface area contributed by atoms with Crippen LogP contribution in [0.5, 0.6) is 11.5 Å². The molecule has 2 unspecified atom stereocenters. The zero-order valence-corrected chi connectivity index (χ0v) is 18.4. The zero-order chi connectivity index (χ0) is 21.7. The number of carbonyl (C=O) groups excluding carboxylic acids is 1. The minimum absolute atomic E-state index is 0.0585. The van der Waals surface area contributed by atoms with Crippen molar-refractivity contribution >= 4 is 16.9 Å². The van der Waals surface area contributed by atoms with Crippen molar-refractivity contribution in [3.05, 3.63) is 53.9 Å². The van der Waals surface area contributed by atoms with E-state index >= 15 is 0 Å². The second-order valence-corrected chi connectivity index (χ2v) is 7.74. The van der Waals surface area contributed by atoms with Crippen molar-refractivity contribution < 1.29 is 14.3 Å². The number of aromatic nitrogens is 2. The van der Waals surface area contributed by atoms with Crippen LogP contribution in [-0.2, 0) is 17.8 Å². The molecule has 0 saturated heterocycles. The molecule has 0 bridgehead atoms. The molecule has 3 rings (SSSR count). The summed E-state index contributed by atoms with van der Waals surface area (Å²) in [4.78, 5) is 17.6. The Balaban J connectivity index is 1.78. The Morgan fingerprint density at radius 1 is 1.10 bits per heavy atom. The number of fused-ring (bicyclic) bond motifs is 1. The van der Waals surface area contributed by atoms with Crippen LogP contribution in [-0.4, -0.2) is 29.7 Å². The number of para-hydroxylation sites is 2. The highest BCUT2D eigenvalue weighted by Gasteiger charge is 2.20. The van der Waals surface area contributed by atoms with Crippen molar-refractivity contribution in [2.24, 2.45) is 5.92 Å². The van der Waals surface area contributed by atoms with Gasteiger partial charge in [-0.05, 0) is 42.7 Å². The summed E-state index contributed by atoms with van der Waals surface area (Å²) < 4.78 is 12.8. The van der Waals surface area contributed by atoms with Gasteiger partial charge in [0.05, 0.1) is 37.7 Å². The summed E-state index contributed by atoms with van der Waals surface area (Å²) in [6.45, 7) is 7.29. The standard InChI is InChI=1S/C24H31N3O3/c1-6-16(2)15-27-20-10-8-7-9-19(20)26-24(27)17(3)25-23(28)14-18-11-12-21(29-4)22(13-18)30-5/h7-13,16-17H,6,14-15H2,1-5H3,(H,25,28). The molecule has 1 heterocycles. The van der Waals surface area contributed by atoms with E-state index in [1.54, 1.807) is 14.2 Å². The zero-order valence-electron chi connectivity index (χ0n) is 18.4. The van der Waals surface area contributed by atoms with Crippen LogP contribution in [0.1, 0.15) is 44.6 Å². The van der Waals surface area contributed by atoms with Gasteiger partial charge in [-0.15, -0.1) is 0 Å². The molecule has 0 fully saturated rings. The SMILES string of the molecule is CCC(C)Cn1c(C(C)NC(=O)Cc2ccc(OC)c(OC)c2)nc2ccccc21. The van der Waals surface area contributed by atoms with Crippen LogP contribution in [0.3, 0.4) is 0 Å². The Labute approximate surface area is 178 Å². The number of amides is 1. The molecule has 6 heteroatoms. The third-order valence-electron chi connectivity index (χ3n) is 5.45. The van der Waals surface area contributed by atoms with Gasteiger partial charge >= 0.3 is 0 Å². The van der Waals surface area contributed by atoms with E-state index in [0.717, 1.165) is 35.4 Å². The quantitative estimate of drug-likeness (QED) is 0.564. The van der Waals surface area contributed by atoms with Crippen LogP contribution in [0, 0.1) is 5.92 Å². The minimum Gasteiger partial charge on any atom is -0.493 e. The molecule has 2 aromatic carbocycles. The largest absolute Gasteiger partial charge is 0.493 e. The summed E-state index contributed by atoms with van der Waals surface area (Å²) in [7, 11) is 3.18. The lowest BCUT2D eigenvalue weighted by Crippen LogP contribution is -2.30. The van der Waals surface area contributed by atoms with E-state index in [0.29, 0.717) is 17.4 Å². The molecule has 160 valence electrons. The van der Waals surface area contributed by atoms with Crippen molar-refractivity contribution in [1.29, 1.82) is 0 Å². The molecule has 1 N–H and O–H groups in total. The smallest absolute Gasteiger partial charge is 0.224 e.